The predicted octanol–water partition coefficient (Wildman–Crippen LogP) is 2.80. The maximum Gasteiger partial charge on any atom is 0.335 e. The molecule has 1 saturated heterocycles. The van der Waals surface area contributed by atoms with Gasteiger partial charge in [-0.15, -0.1) is 0 Å². The average Bonchev–Trinajstić information content (AvgIpc) is 2.46. The minimum absolute atomic E-state index is 0.210. The van der Waals surface area contributed by atoms with Crippen molar-refractivity contribution in [3.63, 3.8) is 0 Å². The second-order valence-corrected chi connectivity index (χ2v) is 6.14. The molecule has 1 fully saturated rings. The molecule has 1 atom stereocenters. The first-order chi connectivity index (χ1) is 9.97. The Hall–Kier alpha value is -1.62. The van der Waals surface area contributed by atoms with Crippen LogP contribution in [-0.4, -0.2) is 47.1 Å². The number of piperidine rings is 1. The molecule has 2 rings (SSSR count). The molecule has 21 heavy (non-hydrogen) atoms. The first-order valence-electron chi connectivity index (χ1n) is 7.66. The van der Waals surface area contributed by atoms with Crippen LogP contribution in [0.15, 0.2) is 12.1 Å². The number of carbonyl (C=O) groups is 1. The Balaban J connectivity index is 2.09. The van der Waals surface area contributed by atoms with Crippen molar-refractivity contribution in [1.82, 2.24) is 9.88 Å². The van der Waals surface area contributed by atoms with Crippen molar-refractivity contribution in [2.24, 2.45) is 0 Å². The number of rotatable bonds is 5. The van der Waals surface area contributed by atoms with E-state index in [1.165, 1.54) is 19.3 Å². The molecule has 116 valence electrons. The summed E-state index contributed by atoms with van der Waals surface area (Å²) in [7, 11) is 2.14. The number of likely N-dealkylation sites (tertiary alicyclic amines) is 1. The van der Waals surface area contributed by atoms with Gasteiger partial charge in [-0.05, 0) is 44.5 Å². The smallest absolute Gasteiger partial charge is 0.335 e. The number of likely N-dealkylation sites (N-methyl/N-ethyl adjacent to an activating group) is 1. The van der Waals surface area contributed by atoms with Crippen LogP contribution < -0.4 is 5.32 Å². The van der Waals surface area contributed by atoms with Crippen molar-refractivity contribution in [1.29, 1.82) is 0 Å². The lowest BCUT2D eigenvalue weighted by Gasteiger charge is -2.32. The molecule has 1 aliphatic heterocycles. The summed E-state index contributed by atoms with van der Waals surface area (Å²) in [5.41, 5.74) is 1.11. The van der Waals surface area contributed by atoms with Gasteiger partial charge in [0, 0.05) is 18.3 Å². The maximum absolute atomic E-state index is 11.2. The van der Waals surface area contributed by atoms with Crippen molar-refractivity contribution in [3.05, 3.63) is 23.4 Å². The Morgan fingerprint density at radius 1 is 1.48 bits per heavy atom. The molecule has 0 aliphatic carbocycles. The third-order valence-corrected chi connectivity index (χ3v) is 4.12. The van der Waals surface area contributed by atoms with E-state index >= 15 is 0 Å². The van der Waals surface area contributed by atoms with Gasteiger partial charge in [0.05, 0.1) is 5.56 Å². The van der Waals surface area contributed by atoms with Crippen LogP contribution >= 0.6 is 0 Å². The average molecular weight is 291 g/mol. The molecule has 1 aliphatic rings. The van der Waals surface area contributed by atoms with Crippen LogP contribution in [0, 0.1) is 0 Å². The first-order valence-corrected chi connectivity index (χ1v) is 7.66. The lowest BCUT2D eigenvalue weighted by molar-refractivity contribution is 0.0696. The van der Waals surface area contributed by atoms with Crippen molar-refractivity contribution < 1.29 is 9.90 Å². The Bertz CT molecular complexity index is 502. The van der Waals surface area contributed by atoms with Crippen molar-refractivity contribution in [2.75, 3.05) is 25.5 Å². The largest absolute Gasteiger partial charge is 0.478 e. The molecule has 0 radical (unpaired) electrons. The van der Waals surface area contributed by atoms with Crippen molar-refractivity contribution in [2.45, 2.75) is 45.1 Å². The number of hydrogen-bond acceptors (Lipinski definition) is 4. The summed E-state index contributed by atoms with van der Waals surface area (Å²) >= 11 is 0. The van der Waals surface area contributed by atoms with Gasteiger partial charge in [-0.25, -0.2) is 9.78 Å². The molecule has 1 aromatic rings. The monoisotopic (exact) mass is 291 g/mol. The molecule has 0 spiro atoms. The number of aromatic carboxylic acids is 1. The van der Waals surface area contributed by atoms with Crippen LogP contribution in [0.25, 0.3) is 0 Å². The standard InChI is InChI=1S/C16H25N3O2/c1-11(2)14-8-12(16(20)21)9-15(18-14)17-10-13-6-4-5-7-19(13)3/h8-9,11,13H,4-7,10H2,1-3H3,(H,17,18)(H,20,21). The molecule has 1 unspecified atom stereocenters. The van der Waals surface area contributed by atoms with E-state index in [1.807, 2.05) is 13.8 Å². The van der Waals surface area contributed by atoms with E-state index in [0.717, 1.165) is 18.8 Å². The molecule has 0 aromatic carbocycles. The summed E-state index contributed by atoms with van der Waals surface area (Å²) in [6, 6.07) is 3.78. The van der Waals surface area contributed by atoms with Gasteiger partial charge in [0.2, 0.25) is 0 Å². The highest BCUT2D eigenvalue weighted by atomic mass is 16.4. The molecular formula is C16H25N3O2. The topological polar surface area (TPSA) is 65.5 Å². The van der Waals surface area contributed by atoms with E-state index in [0.29, 0.717) is 17.4 Å². The summed E-state index contributed by atoms with van der Waals surface area (Å²) in [5, 5.41) is 12.5. The predicted molar refractivity (Wildman–Crippen MR) is 84.0 cm³/mol. The van der Waals surface area contributed by atoms with Gasteiger partial charge in [-0.2, -0.15) is 0 Å². The zero-order valence-corrected chi connectivity index (χ0v) is 13.1. The number of nitrogens with one attached hydrogen (secondary N) is 1. The van der Waals surface area contributed by atoms with E-state index < -0.39 is 5.97 Å². The van der Waals surface area contributed by atoms with E-state index in [-0.39, 0.29) is 5.92 Å². The SMILES string of the molecule is CC(C)c1cc(C(=O)O)cc(NCC2CCCCN2C)n1. The van der Waals surface area contributed by atoms with E-state index in [1.54, 1.807) is 12.1 Å². The lowest BCUT2D eigenvalue weighted by atomic mass is 10.0. The summed E-state index contributed by atoms with van der Waals surface area (Å²) in [5.74, 6) is -0.0306. The molecule has 0 bridgehead atoms. The highest BCUT2D eigenvalue weighted by Gasteiger charge is 2.19. The fourth-order valence-corrected chi connectivity index (χ4v) is 2.69. The Morgan fingerprint density at radius 2 is 2.24 bits per heavy atom. The Labute approximate surface area is 126 Å². The van der Waals surface area contributed by atoms with E-state index in [2.05, 4.69) is 22.2 Å². The van der Waals surface area contributed by atoms with Gasteiger partial charge in [0.15, 0.2) is 0 Å². The summed E-state index contributed by atoms with van der Waals surface area (Å²) in [6.45, 7) is 5.98. The fourth-order valence-electron chi connectivity index (χ4n) is 2.69. The molecular weight excluding hydrogens is 266 g/mol. The Morgan fingerprint density at radius 3 is 2.86 bits per heavy atom. The number of hydrogen-bond donors (Lipinski definition) is 2. The second-order valence-electron chi connectivity index (χ2n) is 6.14. The minimum Gasteiger partial charge on any atom is -0.478 e. The summed E-state index contributed by atoms with van der Waals surface area (Å²) in [4.78, 5) is 18.1. The molecule has 0 saturated carbocycles. The number of carboxylic acids is 1. The van der Waals surface area contributed by atoms with Crippen molar-refractivity contribution >= 4 is 11.8 Å². The van der Waals surface area contributed by atoms with E-state index in [9.17, 15) is 9.90 Å². The normalized spacial score (nSPS) is 19.7. The van der Waals surface area contributed by atoms with E-state index in [4.69, 9.17) is 0 Å². The van der Waals surface area contributed by atoms with Crippen LogP contribution in [-0.2, 0) is 0 Å². The maximum atomic E-state index is 11.2. The van der Waals surface area contributed by atoms with Crippen LogP contribution in [0.1, 0.15) is 55.1 Å². The Kier molecular flexibility index (Phi) is 5.17. The lowest BCUT2D eigenvalue weighted by Crippen LogP contribution is -2.40. The zero-order valence-electron chi connectivity index (χ0n) is 13.1. The number of aromatic nitrogens is 1. The summed E-state index contributed by atoms with van der Waals surface area (Å²) < 4.78 is 0. The molecule has 1 aromatic heterocycles. The highest BCUT2D eigenvalue weighted by Crippen LogP contribution is 2.19. The van der Waals surface area contributed by atoms with Gasteiger partial charge in [-0.1, -0.05) is 20.3 Å². The third-order valence-electron chi connectivity index (χ3n) is 4.12. The fraction of sp³-hybridized carbons (Fsp3) is 0.625. The molecule has 5 nitrogen and oxygen atoms in total. The van der Waals surface area contributed by atoms with Crippen LogP contribution in [0.5, 0.6) is 0 Å². The quantitative estimate of drug-likeness (QED) is 0.873. The van der Waals surface area contributed by atoms with Crippen LogP contribution in [0.3, 0.4) is 0 Å². The van der Waals surface area contributed by atoms with Gasteiger partial charge in [0.25, 0.3) is 0 Å². The highest BCUT2D eigenvalue weighted by molar-refractivity contribution is 5.88. The van der Waals surface area contributed by atoms with Crippen LogP contribution in [0.2, 0.25) is 0 Å². The first kappa shape index (κ1) is 15.8. The minimum atomic E-state index is -0.905. The van der Waals surface area contributed by atoms with Crippen LogP contribution in [0.4, 0.5) is 5.82 Å². The zero-order chi connectivity index (χ0) is 15.4. The number of nitrogens with zero attached hydrogens (tertiary/aromatic N) is 2. The van der Waals surface area contributed by atoms with Gasteiger partial charge >= 0.3 is 5.97 Å². The van der Waals surface area contributed by atoms with Gasteiger partial charge in [-0.3, -0.25) is 0 Å². The molecule has 2 heterocycles. The molecule has 5 heteroatoms. The van der Waals surface area contributed by atoms with Crippen molar-refractivity contribution in [3.8, 4) is 0 Å². The van der Waals surface area contributed by atoms with Gasteiger partial charge < -0.3 is 15.3 Å². The van der Waals surface area contributed by atoms with Gasteiger partial charge in [0.1, 0.15) is 5.82 Å². The number of anilines is 1. The summed E-state index contributed by atoms with van der Waals surface area (Å²) in [6.07, 6.45) is 3.70. The number of pyridine rings is 1. The molecule has 2 N–H and O–H groups in total. The second kappa shape index (κ2) is 6.89. The number of carboxylic acid groups (broad SMARTS) is 1. The third kappa shape index (κ3) is 4.17. The molecule has 0 amide bonds.